The first kappa shape index (κ1) is 77.8. The van der Waals surface area contributed by atoms with Gasteiger partial charge in [0.15, 0.2) is 0 Å². The molecule has 0 fully saturated rings. The number of rotatable bonds is 67. The number of carbonyl (C=O) groups excluding carboxylic acids is 2. The smallest absolute Gasteiger partial charge is 0.305 e. The van der Waals surface area contributed by atoms with Crippen molar-refractivity contribution in [1.29, 1.82) is 0 Å². The number of esters is 1. The van der Waals surface area contributed by atoms with Crippen molar-refractivity contribution in [3.8, 4) is 0 Å². The third kappa shape index (κ3) is 65.0. The Balaban J connectivity index is 3.43. The van der Waals surface area contributed by atoms with Gasteiger partial charge in [-0.2, -0.15) is 0 Å². The van der Waals surface area contributed by atoms with Gasteiger partial charge in [0.25, 0.3) is 0 Å². The second kappa shape index (κ2) is 69.3. The maximum Gasteiger partial charge on any atom is 0.305 e. The predicted molar refractivity (Wildman–Crippen MR) is 352 cm³/mol. The number of allylic oxidation sites excluding steroid dienone is 7. The molecular formula is C74H139NO5. The molecule has 80 heavy (non-hydrogen) atoms. The van der Waals surface area contributed by atoms with Crippen LogP contribution in [-0.2, 0) is 14.3 Å². The van der Waals surface area contributed by atoms with E-state index >= 15 is 0 Å². The molecule has 0 radical (unpaired) electrons. The van der Waals surface area contributed by atoms with E-state index in [1.54, 1.807) is 6.08 Å². The second-order valence-corrected chi connectivity index (χ2v) is 24.6. The molecule has 0 aliphatic rings. The van der Waals surface area contributed by atoms with E-state index in [4.69, 9.17) is 4.74 Å². The van der Waals surface area contributed by atoms with Crippen molar-refractivity contribution in [3.63, 3.8) is 0 Å². The summed E-state index contributed by atoms with van der Waals surface area (Å²) in [6.45, 7) is 4.92. The number of ether oxygens (including phenoxy) is 1. The van der Waals surface area contributed by atoms with Gasteiger partial charge in [-0.25, -0.2) is 0 Å². The molecule has 0 aromatic carbocycles. The molecule has 6 heteroatoms. The Labute approximate surface area is 499 Å². The lowest BCUT2D eigenvalue weighted by molar-refractivity contribution is -0.143. The molecule has 0 aliphatic carbocycles. The molecule has 0 bridgehead atoms. The number of unbranched alkanes of at least 4 members (excludes halogenated alkanes) is 50. The molecule has 0 aromatic heterocycles. The van der Waals surface area contributed by atoms with E-state index in [9.17, 15) is 19.8 Å². The van der Waals surface area contributed by atoms with Crippen molar-refractivity contribution in [1.82, 2.24) is 5.32 Å². The molecule has 0 aliphatic heterocycles. The van der Waals surface area contributed by atoms with E-state index in [1.165, 1.54) is 308 Å². The van der Waals surface area contributed by atoms with E-state index in [-0.39, 0.29) is 18.5 Å². The van der Waals surface area contributed by atoms with E-state index in [0.717, 1.165) is 51.4 Å². The summed E-state index contributed by atoms with van der Waals surface area (Å²) in [6, 6.07) is -0.632. The average molecular weight is 1120 g/mol. The lowest BCUT2D eigenvalue weighted by Gasteiger charge is -2.20. The molecule has 0 saturated heterocycles. The number of hydrogen-bond acceptors (Lipinski definition) is 5. The summed E-state index contributed by atoms with van der Waals surface area (Å²) >= 11 is 0. The fraction of sp³-hybridized carbons (Fsp3) is 0.865. The van der Waals surface area contributed by atoms with Gasteiger partial charge in [-0.1, -0.05) is 332 Å². The summed E-state index contributed by atoms with van der Waals surface area (Å²) < 4.78 is 5.50. The van der Waals surface area contributed by atoms with Crippen LogP contribution in [0.2, 0.25) is 0 Å². The highest BCUT2D eigenvalue weighted by Crippen LogP contribution is 2.18. The molecule has 0 rings (SSSR count). The van der Waals surface area contributed by atoms with Crippen LogP contribution in [0.1, 0.15) is 386 Å². The first-order valence-electron chi connectivity index (χ1n) is 35.9. The average Bonchev–Trinajstić information content (AvgIpc) is 3.46. The number of nitrogens with one attached hydrogen (secondary N) is 1. The first-order chi connectivity index (χ1) is 39.5. The van der Waals surface area contributed by atoms with Crippen LogP contribution in [0.15, 0.2) is 48.6 Å². The largest absolute Gasteiger partial charge is 0.466 e. The van der Waals surface area contributed by atoms with Crippen LogP contribution < -0.4 is 5.32 Å². The molecule has 0 spiro atoms. The fourth-order valence-electron chi connectivity index (χ4n) is 11.1. The van der Waals surface area contributed by atoms with Gasteiger partial charge in [0.1, 0.15) is 0 Å². The van der Waals surface area contributed by atoms with Crippen molar-refractivity contribution in [3.05, 3.63) is 48.6 Å². The summed E-state index contributed by atoms with van der Waals surface area (Å²) in [5.74, 6) is -0.0611. The van der Waals surface area contributed by atoms with Crippen LogP contribution in [0, 0.1) is 0 Å². The summed E-state index contributed by atoms with van der Waals surface area (Å²) in [5.41, 5.74) is 0. The zero-order valence-corrected chi connectivity index (χ0v) is 53.8. The second-order valence-electron chi connectivity index (χ2n) is 24.6. The summed E-state index contributed by atoms with van der Waals surface area (Å²) in [6.07, 6.45) is 90.4. The predicted octanol–water partition coefficient (Wildman–Crippen LogP) is 23.3. The van der Waals surface area contributed by atoms with Gasteiger partial charge < -0.3 is 20.3 Å². The Morgan fingerprint density at radius 1 is 0.350 bits per heavy atom. The number of aliphatic hydroxyl groups is 2. The quantitative estimate of drug-likeness (QED) is 0.0320. The number of amides is 1. The fourth-order valence-corrected chi connectivity index (χ4v) is 11.1. The number of aliphatic hydroxyl groups excluding tert-OH is 2. The van der Waals surface area contributed by atoms with Gasteiger partial charge in [-0.3, -0.25) is 9.59 Å². The topological polar surface area (TPSA) is 95.9 Å². The monoisotopic (exact) mass is 1120 g/mol. The summed E-state index contributed by atoms with van der Waals surface area (Å²) in [5, 5.41) is 23.2. The Bertz CT molecular complexity index is 1340. The van der Waals surface area contributed by atoms with E-state index < -0.39 is 12.1 Å². The van der Waals surface area contributed by atoms with Crippen LogP contribution in [0.3, 0.4) is 0 Å². The molecule has 6 nitrogen and oxygen atoms in total. The Kier molecular flexibility index (Phi) is 67.4. The Morgan fingerprint density at radius 3 is 0.963 bits per heavy atom. The Morgan fingerprint density at radius 2 is 0.625 bits per heavy atom. The molecule has 2 unspecified atom stereocenters. The first-order valence-corrected chi connectivity index (χ1v) is 35.9. The lowest BCUT2D eigenvalue weighted by Crippen LogP contribution is -2.45. The molecular weight excluding hydrogens is 983 g/mol. The molecule has 470 valence electrons. The van der Waals surface area contributed by atoms with Gasteiger partial charge in [0.05, 0.1) is 25.4 Å². The zero-order chi connectivity index (χ0) is 57.8. The maximum absolute atomic E-state index is 12.5. The molecule has 0 aromatic rings. The highest BCUT2D eigenvalue weighted by Gasteiger charge is 2.18. The molecule has 2 atom stereocenters. The van der Waals surface area contributed by atoms with Gasteiger partial charge in [-0.15, -0.1) is 0 Å². The minimum absolute atomic E-state index is 0.00761. The van der Waals surface area contributed by atoms with Crippen LogP contribution in [0.25, 0.3) is 0 Å². The summed E-state index contributed by atoms with van der Waals surface area (Å²) in [7, 11) is 0. The van der Waals surface area contributed by atoms with Gasteiger partial charge in [0.2, 0.25) is 5.91 Å². The van der Waals surface area contributed by atoms with Crippen LogP contribution in [0.5, 0.6) is 0 Å². The molecule has 3 N–H and O–H groups in total. The van der Waals surface area contributed by atoms with Gasteiger partial charge in [0, 0.05) is 12.8 Å². The maximum atomic E-state index is 12.5. The minimum Gasteiger partial charge on any atom is -0.466 e. The number of hydrogen-bond donors (Lipinski definition) is 3. The molecule has 0 saturated carbocycles. The summed E-state index contributed by atoms with van der Waals surface area (Å²) in [4.78, 5) is 24.6. The third-order valence-corrected chi connectivity index (χ3v) is 16.6. The van der Waals surface area contributed by atoms with Crippen molar-refractivity contribution in [2.45, 2.75) is 398 Å². The molecule has 0 heterocycles. The SMILES string of the molecule is CCCCCCCCC/C=C\CCCCCCCCCC(=O)OCCCCCCCCCCC/C=C\C/C=C\CCCCCCCCCCCCCC(=O)NC(CO)C(O)/C=C/CCCCCCCCCCCCCCCCCC. The van der Waals surface area contributed by atoms with Crippen molar-refractivity contribution in [2.75, 3.05) is 13.2 Å². The highest BCUT2D eigenvalue weighted by atomic mass is 16.5. The van der Waals surface area contributed by atoms with Gasteiger partial charge >= 0.3 is 5.97 Å². The standard InChI is InChI=1S/C74H139NO5/c1-3-5-7-9-11-13-15-17-19-21-34-38-42-46-50-54-58-62-66-72(77)71(70-76)75-73(78)67-63-59-55-51-47-43-39-35-32-30-28-26-24-23-25-27-29-31-33-37-41-45-49-53-57-61-65-69-80-74(79)68-64-60-56-52-48-44-40-36-22-20-18-16-14-12-10-8-6-4-2/h20,22-24,27,29,62,66,71-72,76-77H,3-19,21,25-26,28,30-61,63-65,67-70H2,1-2H3,(H,75,78)/b22-20-,24-23-,29-27-,66-62+. The number of carbonyl (C=O) groups is 2. The highest BCUT2D eigenvalue weighted by molar-refractivity contribution is 5.76. The lowest BCUT2D eigenvalue weighted by atomic mass is 10.0. The van der Waals surface area contributed by atoms with Crippen molar-refractivity contribution in [2.24, 2.45) is 0 Å². The minimum atomic E-state index is -0.848. The van der Waals surface area contributed by atoms with Gasteiger partial charge in [-0.05, 0) is 89.9 Å². The van der Waals surface area contributed by atoms with E-state index in [1.807, 2.05) is 6.08 Å². The third-order valence-electron chi connectivity index (χ3n) is 16.6. The van der Waals surface area contributed by atoms with E-state index in [2.05, 4.69) is 55.6 Å². The van der Waals surface area contributed by atoms with Crippen LogP contribution in [-0.4, -0.2) is 47.4 Å². The van der Waals surface area contributed by atoms with Crippen molar-refractivity contribution < 1.29 is 24.5 Å². The van der Waals surface area contributed by atoms with Crippen LogP contribution in [0.4, 0.5) is 0 Å². The molecule has 1 amide bonds. The van der Waals surface area contributed by atoms with Crippen molar-refractivity contribution >= 4 is 11.9 Å². The van der Waals surface area contributed by atoms with E-state index in [0.29, 0.717) is 19.4 Å². The van der Waals surface area contributed by atoms with Crippen LogP contribution >= 0.6 is 0 Å². The normalized spacial score (nSPS) is 12.8. The Hall–Kier alpha value is -2.18. The zero-order valence-electron chi connectivity index (χ0n) is 53.8.